The number of benzene rings is 1. The molecule has 120 valence electrons. The number of likely N-dealkylation sites (N-methyl/N-ethyl adjacent to an activating group) is 1. The Hall–Kier alpha value is -2.04. The molecule has 1 N–H and O–H groups in total. The maximum Gasteiger partial charge on any atom is 0.413 e. The number of carbonyl (C=O) groups excluding carboxylic acids is 1. The van der Waals surface area contributed by atoms with Crippen LogP contribution in [0, 0.1) is 0 Å². The highest BCUT2D eigenvalue weighted by molar-refractivity contribution is 5.94. The Balaban J connectivity index is 2.01. The fraction of sp³-hybridized carbons (Fsp3) is 0.529. The SMILES string of the molecule is CCCCCc1cccc(C2CN=C(NC(=O)OC)N2C)c1. The van der Waals surface area contributed by atoms with E-state index < -0.39 is 6.09 Å². The number of methoxy groups -OCH3 is 1. The molecule has 0 spiro atoms. The number of aryl methyl sites for hydroxylation is 1. The van der Waals surface area contributed by atoms with Gasteiger partial charge in [-0.1, -0.05) is 44.0 Å². The first-order valence-electron chi connectivity index (χ1n) is 7.86. The van der Waals surface area contributed by atoms with Gasteiger partial charge in [0.25, 0.3) is 0 Å². The quantitative estimate of drug-likeness (QED) is 0.850. The standard InChI is InChI=1S/C17H25N3O2/c1-4-5-6-8-13-9-7-10-14(11-13)15-12-18-16(20(15)2)19-17(21)22-3/h7,9-11,15H,4-6,8,12H2,1-3H3,(H,18,19,21). The van der Waals surface area contributed by atoms with Gasteiger partial charge in [-0.25, -0.2) is 4.79 Å². The van der Waals surface area contributed by atoms with Crippen LogP contribution in [0.15, 0.2) is 29.3 Å². The van der Waals surface area contributed by atoms with Gasteiger partial charge in [-0.15, -0.1) is 0 Å². The molecule has 0 saturated heterocycles. The van der Waals surface area contributed by atoms with E-state index in [0.717, 1.165) is 6.42 Å². The van der Waals surface area contributed by atoms with Gasteiger partial charge in [0.15, 0.2) is 0 Å². The lowest BCUT2D eigenvalue weighted by atomic mass is 10.0. The fourth-order valence-electron chi connectivity index (χ4n) is 2.69. The molecule has 1 aliphatic rings. The van der Waals surface area contributed by atoms with Crippen LogP contribution in [0.25, 0.3) is 0 Å². The first kappa shape index (κ1) is 16.3. The van der Waals surface area contributed by atoms with Crippen LogP contribution in [0.5, 0.6) is 0 Å². The van der Waals surface area contributed by atoms with Crippen molar-refractivity contribution in [2.75, 3.05) is 20.7 Å². The number of amides is 1. The van der Waals surface area contributed by atoms with E-state index in [0.29, 0.717) is 12.5 Å². The molecule has 1 atom stereocenters. The summed E-state index contributed by atoms with van der Waals surface area (Å²) in [6, 6.07) is 8.84. The molecule has 0 radical (unpaired) electrons. The second-order valence-corrected chi connectivity index (χ2v) is 5.61. The van der Waals surface area contributed by atoms with Crippen molar-refractivity contribution in [1.82, 2.24) is 10.2 Å². The lowest BCUT2D eigenvalue weighted by molar-refractivity contribution is 0.175. The summed E-state index contributed by atoms with van der Waals surface area (Å²) < 4.78 is 4.62. The van der Waals surface area contributed by atoms with E-state index >= 15 is 0 Å². The van der Waals surface area contributed by atoms with Gasteiger partial charge in [0, 0.05) is 7.05 Å². The zero-order valence-corrected chi connectivity index (χ0v) is 13.6. The third-order valence-corrected chi connectivity index (χ3v) is 4.02. The van der Waals surface area contributed by atoms with Crippen LogP contribution in [0.3, 0.4) is 0 Å². The Kier molecular flexibility index (Phi) is 5.81. The van der Waals surface area contributed by atoms with E-state index in [1.807, 2.05) is 11.9 Å². The predicted octanol–water partition coefficient (Wildman–Crippen LogP) is 3.12. The first-order valence-corrected chi connectivity index (χ1v) is 7.86. The van der Waals surface area contributed by atoms with Gasteiger partial charge in [-0.05, 0) is 24.0 Å². The molecule has 1 aliphatic heterocycles. The van der Waals surface area contributed by atoms with E-state index in [-0.39, 0.29) is 6.04 Å². The number of nitrogens with one attached hydrogen (secondary N) is 1. The fourth-order valence-corrected chi connectivity index (χ4v) is 2.69. The number of hydrogen-bond acceptors (Lipinski definition) is 4. The smallest absolute Gasteiger partial charge is 0.413 e. The van der Waals surface area contributed by atoms with Crippen LogP contribution < -0.4 is 5.32 Å². The van der Waals surface area contributed by atoms with E-state index in [4.69, 9.17) is 0 Å². The van der Waals surface area contributed by atoms with Crippen molar-refractivity contribution >= 4 is 12.1 Å². The summed E-state index contributed by atoms with van der Waals surface area (Å²) in [7, 11) is 3.29. The summed E-state index contributed by atoms with van der Waals surface area (Å²) in [5, 5.41) is 2.65. The van der Waals surface area contributed by atoms with Gasteiger partial charge in [-0.2, -0.15) is 0 Å². The number of nitrogens with zero attached hydrogens (tertiary/aromatic N) is 2. The zero-order chi connectivity index (χ0) is 15.9. The molecule has 0 aromatic heterocycles. The average Bonchev–Trinajstić information content (AvgIpc) is 2.89. The van der Waals surface area contributed by atoms with E-state index in [1.54, 1.807) is 0 Å². The average molecular weight is 303 g/mol. The number of alkyl carbamates (subject to hydrolysis) is 1. The summed E-state index contributed by atoms with van der Waals surface area (Å²) in [4.78, 5) is 17.7. The molecule has 2 rings (SSSR count). The number of ether oxygens (including phenoxy) is 1. The van der Waals surface area contributed by atoms with Crippen molar-refractivity contribution in [2.45, 2.75) is 38.6 Å². The van der Waals surface area contributed by atoms with Crippen LogP contribution in [0.4, 0.5) is 4.79 Å². The Bertz CT molecular complexity index is 542. The van der Waals surface area contributed by atoms with Gasteiger partial charge >= 0.3 is 6.09 Å². The third-order valence-electron chi connectivity index (χ3n) is 4.02. The minimum atomic E-state index is -0.487. The molecule has 5 nitrogen and oxygen atoms in total. The number of aliphatic imine (C=N–C) groups is 1. The highest BCUT2D eigenvalue weighted by Gasteiger charge is 2.27. The number of guanidine groups is 1. The van der Waals surface area contributed by atoms with Crippen LogP contribution in [-0.4, -0.2) is 37.7 Å². The van der Waals surface area contributed by atoms with Crippen LogP contribution in [0.1, 0.15) is 43.4 Å². The number of carbonyl (C=O) groups is 1. The normalized spacial score (nSPS) is 17.3. The van der Waals surface area contributed by atoms with Gasteiger partial charge in [0.2, 0.25) is 5.96 Å². The topological polar surface area (TPSA) is 53.9 Å². The molecule has 0 bridgehead atoms. The molecule has 1 heterocycles. The molecule has 0 aliphatic carbocycles. The summed E-state index contributed by atoms with van der Waals surface area (Å²) in [5.41, 5.74) is 2.61. The maximum atomic E-state index is 11.3. The van der Waals surface area contributed by atoms with Gasteiger partial charge in [-0.3, -0.25) is 10.3 Å². The lowest BCUT2D eigenvalue weighted by Gasteiger charge is -2.23. The summed E-state index contributed by atoms with van der Waals surface area (Å²) in [5.74, 6) is 0.563. The van der Waals surface area contributed by atoms with Crippen molar-refractivity contribution in [3.05, 3.63) is 35.4 Å². The Morgan fingerprint density at radius 3 is 3.00 bits per heavy atom. The minimum Gasteiger partial charge on any atom is -0.453 e. The van der Waals surface area contributed by atoms with Crippen molar-refractivity contribution in [3.63, 3.8) is 0 Å². The van der Waals surface area contributed by atoms with Crippen molar-refractivity contribution in [1.29, 1.82) is 0 Å². The maximum absolute atomic E-state index is 11.3. The minimum absolute atomic E-state index is 0.165. The van der Waals surface area contributed by atoms with Crippen LogP contribution in [0.2, 0.25) is 0 Å². The molecule has 22 heavy (non-hydrogen) atoms. The monoisotopic (exact) mass is 303 g/mol. The van der Waals surface area contributed by atoms with Crippen LogP contribution >= 0.6 is 0 Å². The Morgan fingerprint density at radius 2 is 2.27 bits per heavy atom. The van der Waals surface area contributed by atoms with E-state index in [2.05, 4.69) is 46.2 Å². The predicted molar refractivity (Wildman–Crippen MR) is 88.0 cm³/mol. The molecule has 5 heteroatoms. The molecule has 1 aromatic rings. The largest absolute Gasteiger partial charge is 0.453 e. The molecule has 1 unspecified atom stereocenters. The molecular formula is C17H25N3O2. The summed E-state index contributed by atoms with van der Waals surface area (Å²) in [6.07, 6.45) is 4.36. The first-order chi connectivity index (χ1) is 10.7. The van der Waals surface area contributed by atoms with Crippen molar-refractivity contribution in [3.8, 4) is 0 Å². The van der Waals surface area contributed by atoms with Gasteiger partial charge in [0.1, 0.15) is 0 Å². The Morgan fingerprint density at radius 1 is 1.45 bits per heavy atom. The molecule has 0 saturated carbocycles. The zero-order valence-electron chi connectivity index (χ0n) is 13.6. The number of unbranched alkanes of at least 4 members (excludes halogenated alkanes) is 2. The molecule has 0 fully saturated rings. The van der Waals surface area contributed by atoms with Crippen molar-refractivity contribution in [2.24, 2.45) is 4.99 Å². The van der Waals surface area contributed by atoms with Crippen LogP contribution in [-0.2, 0) is 11.2 Å². The van der Waals surface area contributed by atoms with E-state index in [9.17, 15) is 4.79 Å². The van der Waals surface area contributed by atoms with Gasteiger partial charge in [0.05, 0.1) is 19.7 Å². The second-order valence-electron chi connectivity index (χ2n) is 5.61. The molecule has 1 amide bonds. The summed E-state index contributed by atoms with van der Waals surface area (Å²) >= 11 is 0. The second kappa shape index (κ2) is 7.82. The summed E-state index contributed by atoms with van der Waals surface area (Å²) in [6.45, 7) is 2.87. The highest BCUT2D eigenvalue weighted by Crippen LogP contribution is 2.25. The number of hydrogen-bond donors (Lipinski definition) is 1. The third kappa shape index (κ3) is 4.00. The van der Waals surface area contributed by atoms with Crippen molar-refractivity contribution < 1.29 is 9.53 Å². The molecule has 1 aromatic carbocycles. The highest BCUT2D eigenvalue weighted by atomic mass is 16.5. The van der Waals surface area contributed by atoms with Gasteiger partial charge < -0.3 is 9.64 Å². The molecular weight excluding hydrogens is 278 g/mol. The Labute approximate surface area is 132 Å². The van der Waals surface area contributed by atoms with E-state index in [1.165, 1.54) is 37.5 Å². The lowest BCUT2D eigenvalue weighted by Crippen LogP contribution is -2.40. The number of rotatable bonds is 5.